The number of hydrogen-bond acceptors (Lipinski definition) is 5. The molecule has 2 aromatic heterocycles. The van der Waals surface area contributed by atoms with Crippen molar-refractivity contribution < 1.29 is 9.15 Å². The quantitative estimate of drug-likeness (QED) is 0.728. The van der Waals surface area contributed by atoms with Crippen molar-refractivity contribution in [3.05, 3.63) is 65.3 Å². The first-order chi connectivity index (χ1) is 12.3. The maximum Gasteiger partial charge on any atom is 0.226 e. The lowest BCUT2D eigenvalue weighted by atomic mass is 9.86. The minimum absolute atomic E-state index is 0.206. The van der Waals surface area contributed by atoms with Crippen molar-refractivity contribution >= 4 is 0 Å². The zero-order valence-electron chi connectivity index (χ0n) is 13.9. The molecule has 1 atom stereocenters. The van der Waals surface area contributed by atoms with Crippen LogP contribution in [0.3, 0.4) is 0 Å². The van der Waals surface area contributed by atoms with E-state index in [0.29, 0.717) is 11.5 Å². The number of aryl methyl sites for hydroxylation is 1. The van der Waals surface area contributed by atoms with Crippen molar-refractivity contribution in [3.8, 4) is 23.3 Å². The van der Waals surface area contributed by atoms with Crippen LogP contribution in [-0.4, -0.2) is 17.1 Å². The monoisotopic (exact) mass is 331 g/mol. The molecule has 0 radical (unpaired) electrons. The fourth-order valence-corrected chi connectivity index (χ4v) is 3.31. The Morgan fingerprint density at radius 1 is 1.24 bits per heavy atom. The Labute approximate surface area is 145 Å². The molecule has 1 aliphatic rings. The third kappa shape index (κ3) is 2.87. The number of fused-ring (bicyclic) bond motifs is 1. The Bertz CT molecular complexity index is 938. The van der Waals surface area contributed by atoms with Gasteiger partial charge in [0, 0.05) is 30.5 Å². The van der Waals surface area contributed by atoms with Gasteiger partial charge in [-0.15, -0.1) is 0 Å². The molecule has 5 heteroatoms. The SMILES string of the molecule is COc1ccc(-c2nc3c(o2)CCC(c2ncccc2C#N)C3)cc1. The fraction of sp³-hybridized carbons (Fsp3) is 0.250. The summed E-state index contributed by atoms with van der Waals surface area (Å²) in [5, 5.41) is 9.31. The van der Waals surface area contributed by atoms with Crippen molar-refractivity contribution in [1.82, 2.24) is 9.97 Å². The largest absolute Gasteiger partial charge is 0.497 e. The first-order valence-electron chi connectivity index (χ1n) is 8.26. The normalized spacial score (nSPS) is 16.1. The lowest BCUT2D eigenvalue weighted by molar-refractivity contribution is 0.414. The number of pyridine rings is 1. The molecule has 0 aliphatic heterocycles. The number of rotatable bonds is 3. The van der Waals surface area contributed by atoms with Gasteiger partial charge < -0.3 is 9.15 Å². The van der Waals surface area contributed by atoms with E-state index in [0.717, 1.165) is 47.7 Å². The van der Waals surface area contributed by atoms with Crippen molar-refractivity contribution in [2.45, 2.75) is 25.2 Å². The topological polar surface area (TPSA) is 71.9 Å². The van der Waals surface area contributed by atoms with E-state index in [1.165, 1.54) is 0 Å². The second kappa shape index (κ2) is 6.40. The molecule has 0 spiro atoms. The average Bonchev–Trinajstić information content (AvgIpc) is 3.11. The van der Waals surface area contributed by atoms with Crippen LogP contribution in [0.4, 0.5) is 0 Å². The number of benzene rings is 1. The summed E-state index contributed by atoms with van der Waals surface area (Å²) >= 11 is 0. The van der Waals surface area contributed by atoms with Crippen LogP contribution in [0.1, 0.15) is 35.1 Å². The van der Waals surface area contributed by atoms with Crippen molar-refractivity contribution in [3.63, 3.8) is 0 Å². The fourth-order valence-electron chi connectivity index (χ4n) is 3.31. The molecule has 5 nitrogen and oxygen atoms in total. The van der Waals surface area contributed by atoms with Crippen LogP contribution in [0.25, 0.3) is 11.5 Å². The van der Waals surface area contributed by atoms with Crippen molar-refractivity contribution in [1.29, 1.82) is 5.26 Å². The zero-order chi connectivity index (χ0) is 17.2. The number of nitrogens with zero attached hydrogens (tertiary/aromatic N) is 3. The van der Waals surface area contributed by atoms with Crippen LogP contribution in [-0.2, 0) is 12.8 Å². The van der Waals surface area contributed by atoms with Crippen LogP contribution in [0.2, 0.25) is 0 Å². The molecular weight excluding hydrogens is 314 g/mol. The maximum absolute atomic E-state index is 9.31. The minimum atomic E-state index is 0.206. The Balaban J connectivity index is 1.62. The minimum Gasteiger partial charge on any atom is -0.497 e. The van der Waals surface area contributed by atoms with Gasteiger partial charge in [-0.2, -0.15) is 5.26 Å². The molecule has 124 valence electrons. The molecule has 0 fully saturated rings. The van der Waals surface area contributed by atoms with Gasteiger partial charge in [0.2, 0.25) is 5.89 Å². The Hall–Kier alpha value is -3.13. The summed E-state index contributed by atoms with van der Waals surface area (Å²) in [5.74, 6) is 2.59. The molecule has 0 saturated heterocycles. The Kier molecular flexibility index (Phi) is 3.95. The number of nitriles is 1. The summed E-state index contributed by atoms with van der Waals surface area (Å²) in [5.41, 5.74) is 3.42. The highest BCUT2D eigenvalue weighted by atomic mass is 16.5. The molecule has 0 N–H and O–H groups in total. The van der Waals surface area contributed by atoms with Crippen LogP contribution in [0, 0.1) is 11.3 Å². The summed E-state index contributed by atoms with van der Waals surface area (Å²) in [6.45, 7) is 0. The molecule has 4 rings (SSSR count). The third-order valence-electron chi connectivity index (χ3n) is 4.62. The molecule has 0 saturated carbocycles. The van der Waals surface area contributed by atoms with Gasteiger partial charge in [0.15, 0.2) is 0 Å². The van der Waals surface area contributed by atoms with Crippen LogP contribution < -0.4 is 4.74 Å². The number of ether oxygens (including phenoxy) is 1. The average molecular weight is 331 g/mol. The van der Waals surface area contributed by atoms with Gasteiger partial charge in [-0.3, -0.25) is 4.98 Å². The smallest absolute Gasteiger partial charge is 0.226 e. The molecule has 1 aromatic carbocycles. The Morgan fingerprint density at radius 2 is 2.08 bits per heavy atom. The van der Waals surface area contributed by atoms with E-state index in [1.54, 1.807) is 19.4 Å². The molecule has 1 aliphatic carbocycles. The Morgan fingerprint density at radius 3 is 2.84 bits per heavy atom. The molecule has 0 bridgehead atoms. The standard InChI is InChI=1S/C20H17N3O2/c1-24-16-7-4-13(5-8-16)20-23-17-11-14(6-9-18(17)25-20)19-15(12-21)3-2-10-22-19/h2-5,7-8,10,14H,6,9,11H2,1H3. The van der Waals surface area contributed by atoms with E-state index in [4.69, 9.17) is 9.15 Å². The van der Waals surface area contributed by atoms with Gasteiger partial charge in [0.05, 0.1) is 24.1 Å². The second-order valence-electron chi connectivity index (χ2n) is 6.11. The van der Waals surface area contributed by atoms with E-state index in [-0.39, 0.29) is 5.92 Å². The van der Waals surface area contributed by atoms with E-state index < -0.39 is 0 Å². The highest BCUT2D eigenvalue weighted by molar-refractivity contribution is 5.55. The van der Waals surface area contributed by atoms with Gasteiger partial charge in [0.25, 0.3) is 0 Å². The van der Waals surface area contributed by atoms with E-state index in [2.05, 4.69) is 16.0 Å². The third-order valence-corrected chi connectivity index (χ3v) is 4.62. The van der Waals surface area contributed by atoms with Gasteiger partial charge in [0.1, 0.15) is 17.6 Å². The molecule has 2 heterocycles. The van der Waals surface area contributed by atoms with Crippen LogP contribution >= 0.6 is 0 Å². The summed E-state index contributed by atoms with van der Waals surface area (Å²) in [7, 11) is 1.64. The highest BCUT2D eigenvalue weighted by Gasteiger charge is 2.27. The summed E-state index contributed by atoms with van der Waals surface area (Å²) in [6.07, 6.45) is 4.22. The molecule has 25 heavy (non-hydrogen) atoms. The van der Waals surface area contributed by atoms with Gasteiger partial charge in [-0.25, -0.2) is 4.98 Å². The van der Waals surface area contributed by atoms with E-state index in [9.17, 15) is 5.26 Å². The second-order valence-corrected chi connectivity index (χ2v) is 6.11. The first-order valence-corrected chi connectivity index (χ1v) is 8.26. The lowest BCUT2D eigenvalue weighted by Gasteiger charge is -2.20. The number of methoxy groups -OCH3 is 1. The van der Waals surface area contributed by atoms with E-state index in [1.807, 2.05) is 30.3 Å². The molecule has 3 aromatic rings. The summed E-state index contributed by atoms with van der Waals surface area (Å²) < 4.78 is 11.2. The first kappa shape index (κ1) is 15.4. The molecule has 0 amide bonds. The van der Waals surface area contributed by atoms with Gasteiger partial charge in [-0.1, -0.05) is 0 Å². The van der Waals surface area contributed by atoms with Crippen molar-refractivity contribution in [2.24, 2.45) is 0 Å². The number of hydrogen-bond donors (Lipinski definition) is 0. The predicted octanol–water partition coefficient (Wildman–Crippen LogP) is 3.89. The molecular formula is C20H17N3O2. The number of oxazole rings is 1. The molecule has 1 unspecified atom stereocenters. The van der Waals surface area contributed by atoms with Crippen molar-refractivity contribution in [2.75, 3.05) is 7.11 Å². The maximum atomic E-state index is 9.31. The summed E-state index contributed by atoms with van der Waals surface area (Å²) in [4.78, 5) is 9.12. The van der Waals surface area contributed by atoms with E-state index >= 15 is 0 Å². The summed E-state index contributed by atoms with van der Waals surface area (Å²) in [6, 6.07) is 13.5. The zero-order valence-corrected chi connectivity index (χ0v) is 13.9. The van der Waals surface area contributed by atoms with Crippen LogP contribution in [0.15, 0.2) is 47.0 Å². The number of aromatic nitrogens is 2. The predicted molar refractivity (Wildman–Crippen MR) is 92.2 cm³/mol. The lowest BCUT2D eigenvalue weighted by Crippen LogP contribution is -2.14. The van der Waals surface area contributed by atoms with Crippen LogP contribution in [0.5, 0.6) is 5.75 Å². The highest BCUT2D eigenvalue weighted by Crippen LogP contribution is 2.35. The van der Waals surface area contributed by atoms with Gasteiger partial charge >= 0.3 is 0 Å². The van der Waals surface area contributed by atoms with Gasteiger partial charge in [-0.05, 0) is 42.8 Å².